The number of para-hydroxylation sites is 1. The van der Waals surface area contributed by atoms with E-state index >= 15 is 0 Å². The van der Waals surface area contributed by atoms with E-state index in [0.29, 0.717) is 41.2 Å². The zero-order valence-corrected chi connectivity index (χ0v) is 19.6. The second-order valence-corrected chi connectivity index (χ2v) is 8.39. The third-order valence-electron chi connectivity index (χ3n) is 6.13. The van der Waals surface area contributed by atoms with E-state index in [1.807, 2.05) is 24.3 Å². The molecule has 0 bridgehead atoms. The third kappa shape index (κ3) is 4.34. The number of methoxy groups -OCH3 is 1. The third-order valence-corrected chi connectivity index (χ3v) is 6.13. The van der Waals surface area contributed by atoms with Crippen LogP contribution >= 0.6 is 0 Å². The Balaban J connectivity index is 1.82. The Labute approximate surface area is 194 Å². The fourth-order valence-corrected chi connectivity index (χ4v) is 4.38. The van der Waals surface area contributed by atoms with Crippen LogP contribution in [0.15, 0.2) is 51.7 Å². The van der Waals surface area contributed by atoms with Crippen molar-refractivity contribution in [3.8, 4) is 11.5 Å². The molecule has 4 rings (SSSR count). The van der Waals surface area contributed by atoms with Crippen molar-refractivity contribution in [3.05, 3.63) is 69.6 Å². The van der Waals surface area contributed by atoms with Crippen LogP contribution in [0, 0.1) is 0 Å². The number of benzene rings is 2. The number of unbranched alkanes of at least 4 members (excludes halogenated alkanes) is 3. The standard InChI is InChI=1S/C27H31NO5/c1-4-6-10-15-28-24(18-13-14-21(22(17-18)31-3)32-16-7-5-2)23-25(29)19-11-8-9-12-20(19)33-26(23)27(28)30/h8-9,11-14,17,24H,4-7,10,15-16H2,1-3H3. The van der Waals surface area contributed by atoms with Crippen LogP contribution in [0.2, 0.25) is 0 Å². The second kappa shape index (κ2) is 10.1. The van der Waals surface area contributed by atoms with Crippen LogP contribution in [0.3, 0.4) is 0 Å². The number of fused-ring (bicyclic) bond motifs is 2. The molecule has 1 aromatic heterocycles. The summed E-state index contributed by atoms with van der Waals surface area (Å²) >= 11 is 0. The number of rotatable bonds is 10. The second-order valence-electron chi connectivity index (χ2n) is 8.39. The van der Waals surface area contributed by atoms with Crippen molar-refractivity contribution in [3.63, 3.8) is 0 Å². The maximum Gasteiger partial charge on any atom is 0.290 e. The van der Waals surface area contributed by atoms with Gasteiger partial charge in [0.05, 0.1) is 30.7 Å². The molecule has 1 unspecified atom stereocenters. The van der Waals surface area contributed by atoms with E-state index in [4.69, 9.17) is 13.9 Å². The van der Waals surface area contributed by atoms with Gasteiger partial charge >= 0.3 is 0 Å². The predicted octanol–water partition coefficient (Wildman–Crippen LogP) is 5.72. The van der Waals surface area contributed by atoms with Gasteiger partial charge in [0.15, 0.2) is 16.9 Å². The summed E-state index contributed by atoms with van der Waals surface area (Å²) in [6.45, 7) is 5.39. The first-order chi connectivity index (χ1) is 16.1. The molecule has 0 fully saturated rings. The molecular weight excluding hydrogens is 418 g/mol. The minimum atomic E-state index is -0.524. The molecule has 0 spiro atoms. The van der Waals surface area contributed by atoms with Gasteiger partial charge in [-0.3, -0.25) is 9.59 Å². The number of ether oxygens (including phenoxy) is 2. The summed E-state index contributed by atoms with van der Waals surface area (Å²) in [4.78, 5) is 28.7. The average molecular weight is 450 g/mol. The molecule has 1 aliphatic rings. The summed E-state index contributed by atoms with van der Waals surface area (Å²) in [5, 5.41) is 0.482. The molecule has 2 aromatic carbocycles. The van der Waals surface area contributed by atoms with Crippen molar-refractivity contribution >= 4 is 16.9 Å². The highest BCUT2D eigenvalue weighted by molar-refractivity contribution is 5.99. The highest BCUT2D eigenvalue weighted by atomic mass is 16.5. The normalized spacial score (nSPS) is 15.2. The zero-order chi connectivity index (χ0) is 23.4. The molecule has 1 atom stereocenters. The SMILES string of the molecule is CCCCCN1C(=O)c2oc3ccccc3c(=O)c2C1c1ccc(OCCCC)c(OC)c1. The molecule has 0 saturated carbocycles. The quantitative estimate of drug-likeness (QED) is 0.371. The van der Waals surface area contributed by atoms with E-state index in [2.05, 4.69) is 13.8 Å². The summed E-state index contributed by atoms with van der Waals surface area (Å²) in [6.07, 6.45) is 4.89. The van der Waals surface area contributed by atoms with Crippen LogP contribution in [-0.4, -0.2) is 31.1 Å². The van der Waals surface area contributed by atoms with Crippen LogP contribution in [0.5, 0.6) is 11.5 Å². The van der Waals surface area contributed by atoms with Crippen molar-refractivity contribution in [2.24, 2.45) is 0 Å². The molecular formula is C27H31NO5. The van der Waals surface area contributed by atoms with Gasteiger partial charge in [0.2, 0.25) is 5.76 Å². The Kier molecular flexibility index (Phi) is 7.02. The maximum atomic E-state index is 13.5. The molecule has 6 heteroatoms. The summed E-state index contributed by atoms with van der Waals surface area (Å²) in [6, 6.07) is 12.2. The summed E-state index contributed by atoms with van der Waals surface area (Å²) < 4.78 is 17.5. The summed E-state index contributed by atoms with van der Waals surface area (Å²) in [7, 11) is 1.60. The number of hydrogen-bond donors (Lipinski definition) is 0. The number of nitrogens with zero attached hydrogens (tertiary/aromatic N) is 1. The van der Waals surface area contributed by atoms with Crippen LogP contribution in [0.4, 0.5) is 0 Å². The molecule has 33 heavy (non-hydrogen) atoms. The molecule has 0 aliphatic carbocycles. The maximum absolute atomic E-state index is 13.5. The number of carbonyl (C=O) groups excluding carboxylic acids is 1. The average Bonchev–Trinajstić information content (AvgIpc) is 3.11. The minimum absolute atomic E-state index is 0.141. The van der Waals surface area contributed by atoms with Crippen LogP contribution < -0.4 is 14.9 Å². The molecule has 174 valence electrons. The van der Waals surface area contributed by atoms with Gasteiger partial charge in [-0.2, -0.15) is 0 Å². The fraction of sp³-hybridized carbons (Fsp3) is 0.407. The minimum Gasteiger partial charge on any atom is -0.493 e. The van der Waals surface area contributed by atoms with Crippen LogP contribution in [0.25, 0.3) is 11.0 Å². The highest BCUT2D eigenvalue weighted by Gasteiger charge is 2.42. The Morgan fingerprint density at radius 3 is 2.52 bits per heavy atom. The lowest BCUT2D eigenvalue weighted by molar-refractivity contribution is 0.0724. The number of carbonyl (C=O) groups is 1. The van der Waals surface area contributed by atoms with Crippen molar-refractivity contribution in [2.75, 3.05) is 20.3 Å². The first kappa shape index (κ1) is 22.9. The van der Waals surface area contributed by atoms with Crippen molar-refractivity contribution in [1.29, 1.82) is 0 Å². The van der Waals surface area contributed by atoms with Gasteiger partial charge in [-0.1, -0.05) is 51.3 Å². The fourth-order valence-electron chi connectivity index (χ4n) is 4.38. The number of amides is 1. The molecule has 6 nitrogen and oxygen atoms in total. The molecule has 2 heterocycles. The smallest absolute Gasteiger partial charge is 0.290 e. The molecule has 3 aromatic rings. The lowest BCUT2D eigenvalue weighted by atomic mass is 9.98. The summed E-state index contributed by atoms with van der Waals surface area (Å²) in [5.74, 6) is 1.14. The topological polar surface area (TPSA) is 69.0 Å². The van der Waals surface area contributed by atoms with Gasteiger partial charge in [0.25, 0.3) is 5.91 Å². The van der Waals surface area contributed by atoms with E-state index in [1.165, 1.54) is 0 Å². The van der Waals surface area contributed by atoms with Gasteiger partial charge in [-0.25, -0.2) is 0 Å². The van der Waals surface area contributed by atoms with E-state index in [-0.39, 0.29) is 17.1 Å². The van der Waals surface area contributed by atoms with E-state index < -0.39 is 6.04 Å². The van der Waals surface area contributed by atoms with E-state index in [0.717, 1.165) is 37.7 Å². The van der Waals surface area contributed by atoms with Gasteiger partial charge in [-0.05, 0) is 42.7 Å². The first-order valence-electron chi connectivity index (χ1n) is 11.8. The van der Waals surface area contributed by atoms with Gasteiger partial charge in [-0.15, -0.1) is 0 Å². The number of hydrogen-bond acceptors (Lipinski definition) is 5. The van der Waals surface area contributed by atoms with Crippen molar-refractivity contribution in [2.45, 2.75) is 52.0 Å². The Hall–Kier alpha value is -3.28. The molecule has 0 radical (unpaired) electrons. The Morgan fingerprint density at radius 1 is 0.970 bits per heavy atom. The van der Waals surface area contributed by atoms with Crippen molar-refractivity contribution < 1.29 is 18.7 Å². The largest absolute Gasteiger partial charge is 0.493 e. The Bertz CT molecular complexity index is 1200. The molecule has 1 aliphatic heterocycles. The lowest BCUT2D eigenvalue weighted by Crippen LogP contribution is -2.30. The van der Waals surface area contributed by atoms with Crippen LogP contribution in [-0.2, 0) is 0 Å². The molecule has 1 amide bonds. The Morgan fingerprint density at radius 2 is 1.76 bits per heavy atom. The van der Waals surface area contributed by atoms with E-state index in [1.54, 1.807) is 30.2 Å². The molecule has 0 saturated heterocycles. The van der Waals surface area contributed by atoms with Gasteiger partial charge in [0, 0.05) is 6.54 Å². The predicted molar refractivity (Wildman–Crippen MR) is 128 cm³/mol. The van der Waals surface area contributed by atoms with E-state index in [9.17, 15) is 9.59 Å². The van der Waals surface area contributed by atoms with Crippen molar-refractivity contribution in [1.82, 2.24) is 4.90 Å². The molecule has 0 N–H and O–H groups in total. The first-order valence-corrected chi connectivity index (χ1v) is 11.8. The zero-order valence-electron chi connectivity index (χ0n) is 19.6. The lowest BCUT2D eigenvalue weighted by Gasteiger charge is -2.25. The monoisotopic (exact) mass is 449 g/mol. The highest BCUT2D eigenvalue weighted by Crippen LogP contribution is 2.41. The van der Waals surface area contributed by atoms with Gasteiger partial charge < -0.3 is 18.8 Å². The van der Waals surface area contributed by atoms with Crippen LogP contribution in [0.1, 0.15) is 73.7 Å². The van der Waals surface area contributed by atoms with Gasteiger partial charge in [0.1, 0.15) is 5.58 Å². The summed E-state index contributed by atoms with van der Waals surface area (Å²) in [5.41, 5.74) is 1.48.